The number of ether oxygens (including phenoxy) is 1. The van der Waals surface area contributed by atoms with E-state index in [-0.39, 0.29) is 5.82 Å². The molecule has 0 radical (unpaired) electrons. The van der Waals surface area contributed by atoms with Crippen molar-refractivity contribution in [1.82, 2.24) is 5.32 Å². The molecule has 0 saturated heterocycles. The second-order valence-electron chi connectivity index (χ2n) is 4.80. The van der Waals surface area contributed by atoms with Crippen LogP contribution in [0.3, 0.4) is 0 Å². The number of rotatable bonds is 2. The van der Waals surface area contributed by atoms with Gasteiger partial charge in [-0.15, -0.1) is 0 Å². The van der Waals surface area contributed by atoms with E-state index in [0.29, 0.717) is 17.9 Å². The van der Waals surface area contributed by atoms with Gasteiger partial charge in [0.1, 0.15) is 11.6 Å². The number of methoxy groups -OCH3 is 1. The van der Waals surface area contributed by atoms with Crippen LogP contribution in [0.5, 0.6) is 5.75 Å². The summed E-state index contributed by atoms with van der Waals surface area (Å²) in [4.78, 5) is 0. The lowest BCUT2D eigenvalue weighted by Crippen LogP contribution is -2.24. The van der Waals surface area contributed by atoms with E-state index >= 15 is 0 Å². The van der Waals surface area contributed by atoms with Crippen LogP contribution >= 0.6 is 11.6 Å². The lowest BCUT2D eigenvalue weighted by molar-refractivity contribution is 0.413. The molecule has 0 bridgehead atoms. The van der Waals surface area contributed by atoms with Gasteiger partial charge in [-0.3, -0.25) is 0 Å². The molecule has 0 fully saturated rings. The SMILES string of the molecule is COc1cccc(F)c1-c1ccc(Cl)c2c1CNCC2. The Morgan fingerprint density at radius 1 is 1.20 bits per heavy atom. The first-order chi connectivity index (χ1) is 9.72. The lowest BCUT2D eigenvalue weighted by atomic mass is 9.91. The highest BCUT2D eigenvalue weighted by Gasteiger charge is 2.21. The Morgan fingerprint density at radius 3 is 2.85 bits per heavy atom. The van der Waals surface area contributed by atoms with Crippen molar-refractivity contribution in [2.45, 2.75) is 13.0 Å². The number of hydrogen-bond acceptors (Lipinski definition) is 2. The third kappa shape index (κ3) is 2.17. The largest absolute Gasteiger partial charge is 0.496 e. The van der Waals surface area contributed by atoms with E-state index in [9.17, 15) is 4.39 Å². The summed E-state index contributed by atoms with van der Waals surface area (Å²) in [5.41, 5.74) is 3.53. The predicted molar refractivity (Wildman–Crippen MR) is 78.8 cm³/mol. The van der Waals surface area contributed by atoms with Crippen LogP contribution in [0.2, 0.25) is 5.02 Å². The van der Waals surface area contributed by atoms with E-state index in [1.165, 1.54) is 6.07 Å². The molecule has 1 aliphatic heterocycles. The molecule has 3 rings (SSSR count). The Balaban J connectivity index is 2.26. The third-order valence-corrected chi connectivity index (χ3v) is 4.05. The van der Waals surface area contributed by atoms with Crippen LogP contribution in [-0.4, -0.2) is 13.7 Å². The Hall–Kier alpha value is -1.58. The van der Waals surface area contributed by atoms with Crippen molar-refractivity contribution in [3.63, 3.8) is 0 Å². The minimum atomic E-state index is -0.278. The molecule has 2 aromatic carbocycles. The van der Waals surface area contributed by atoms with Gasteiger partial charge in [-0.2, -0.15) is 0 Å². The normalized spacial score (nSPS) is 13.9. The van der Waals surface area contributed by atoms with Crippen molar-refractivity contribution in [2.24, 2.45) is 0 Å². The number of fused-ring (bicyclic) bond motifs is 1. The average Bonchev–Trinajstić information content (AvgIpc) is 2.48. The highest BCUT2D eigenvalue weighted by molar-refractivity contribution is 6.31. The smallest absolute Gasteiger partial charge is 0.134 e. The maximum Gasteiger partial charge on any atom is 0.134 e. The van der Waals surface area contributed by atoms with Crippen molar-refractivity contribution in [3.8, 4) is 16.9 Å². The Morgan fingerprint density at radius 2 is 2.05 bits per heavy atom. The van der Waals surface area contributed by atoms with Gasteiger partial charge in [0.25, 0.3) is 0 Å². The molecule has 0 atom stereocenters. The molecular formula is C16H15ClFNO. The van der Waals surface area contributed by atoms with Crippen LogP contribution in [0, 0.1) is 5.82 Å². The van der Waals surface area contributed by atoms with Crippen LogP contribution in [0.1, 0.15) is 11.1 Å². The fourth-order valence-electron chi connectivity index (χ4n) is 2.73. The van der Waals surface area contributed by atoms with Crippen LogP contribution < -0.4 is 10.1 Å². The maximum atomic E-state index is 14.3. The van der Waals surface area contributed by atoms with E-state index in [0.717, 1.165) is 34.7 Å². The van der Waals surface area contributed by atoms with Gasteiger partial charge in [-0.05, 0) is 47.9 Å². The summed E-state index contributed by atoms with van der Waals surface area (Å²) in [5.74, 6) is 0.263. The average molecular weight is 292 g/mol. The van der Waals surface area contributed by atoms with Gasteiger partial charge in [-0.1, -0.05) is 23.7 Å². The van der Waals surface area contributed by atoms with Crippen LogP contribution in [-0.2, 0) is 13.0 Å². The van der Waals surface area contributed by atoms with Gasteiger partial charge in [-0.25, -0.2) is 4.39 Å². The van der Waals surface area contributed by atoms with Crippen molar-refractivity contribution < 1.29 is 9.13 Å². The topological polar surface area (TPSA) is 21.3 Å². The second kappa shape index (κ2) is 5.43. The molecule has 2 nitrogen and oxygen atoms in total. The summed E-state index contributed by atoms with van der Waals surface area (Å²) < 4.78 is 19.6. The molecule has 0 amide bonds. The van der Waals surface area contributed by atoms with Crippen molar-refractivity contribution in [1.29, 1.82) is 0 Å². The van der Waals surface area contributed by atoms with E-state index in [2.05, 4.69) is 5.32 Å². The molecule has 4 heteroatoms. The molecule has 104 valence electrons. The molecule has 0 aromatic heterocycles. The molecule has 0 aliphatic carbocycles. The van der Waals surface area contributed by atoms with Crippen LogP contribution in [0.15, 0.2) is 30.3 Å². The van der Waals surface area contributed by atoms with Gasteiger partial charge in [0.15, 0.2) is 0 Å². The number of nitrogens with one attached hydrogen (secondary N) is 1. The quantitative estimate of drug-likeness (QED) is 0.909. The highest BCUT2D eigenvalue weighted by atomic mass is 35.5. The fraction of sp³-hybridized carbons (Fsp3) is 0.250. The third-order valence-electron chi connectivity index (χ3n) is 3.69. The first kappa shape index (κ1) is 13.4. The minimum Gasteiger partial charge on any atom is -0.496 e. The predicted octanol–water partition coefficient (Wildman–Crippen LogP) is 3.80. The highest BCUT2D eigenvalue weighted by Crippen LogP contribution is 2.38. The summed E-state index contributed by atoms with van der Waals surface area (Å²) >= 11 is 6.26. The Bertz CT molecular complexity index is 657. The fourth-order valence-corrected chi connectivity index (χ4v) is 3.00. The molecule has 2 aromatic rings. The summed E-state index contributed by atoms with van der Waals surface area (Å²) in [7, 11) is 1.55. The first-order valence-electron chi connectivity index (χ1n) is 6.56. The zero-order valence-electron chi connectivity index (χ0n) is 11.2. The zero-order chi connectivity index (χ0) is 14.1. The van der Waals surface area contributed by atoms with Gasteiger partial charge in [0.05, 0.1) is 12.7 Å². The lowest BCUT2D eigenvalue weighted by Gasteiger charge is -2.23. The minimum absolute atomic E-state index is 0.278. The van der Waals surface area contributed by atoms with Gasteiger partial charge >= 0.3 is 0 Å². The van der Waals surface area contributed by atoms with Crippen molar-refractivity contribution >= 4 is 11.6 Å². The van der Waals surface area contributed by atoms with Crippen LogP contribution in [0.4, 0.5) is 4.39 Å². The summed E-state index contributed by atoms with van der Waals surface area (Å²) in [5, 5.41) is 4.06. The molecule has 1 heterocycles. The number of benzene rings is 2. The van der Waals surface area contributed by atoms with Gasteiger partial charge < -0.3 is 10.1 Å². The van der Waals surface area contributed by atoms with Gasteiger partial charge in [0, 0.05) is 11.6 Å². The van der Waals surface area contributed by atoms with E-state index in [4.69, 9.17) is 16.3 Å². The molecule has 0 spiro atoms. The number of hydrogen-bond donors (Lipinski definition) is 1. The molecule has 0 saturated carbocycles. The molecule has 0 unspecified atom stereocenters. The molecular weight excluding hydrogens is 277 g/mol. The zero-order valence-corrected chi connectivity index (χ0v) is 11.9. The molecule has 20 heavy (non-hydrogen) atoms. The second-order valence-corrected chi connectivity index (χ2v) is 5.20. The van der Waals surface area contributed by atoms with Crippen molar-refractivity contribution in [2.75, 3.05) is 13.7 Å². The van der Waals surface area contributed by atoms with Crippen molar-refractivity contribution in [3.05, 3.63) is 52.3 Å². The standard InChI is InChI=1S/C16H15ClFNO/c1-20-15-4-2-3-14(18)16(15)11-5-6-13(17)10-7-8-19-9-12(10)11/h2-6,19H,7-9H2,1H3. The van der Waals surface area contributed by atoms with Gasteiger partial charge in [0.2, 0.25) is 0 Å². The summed E-state index contributed by atoms with van der Waals surface area (Å²) in [6, 6.07) is 8.59. The first-order valence-corrected chi connectivity index (χ1v) is 6.94. The molecule has 1 aliphatic rings. The Kier molecular flexibility index (Phi) is 3.64. The molecule has 1 N–H and O–H groups in total. The Labute approximate surface area is 122 Å². The summed E-state index contributed by atoms with van der Waals surface area (Å²) in [6.45, 7) is 1.59. The van der Waals surface area contributed by atoms with E-state index in [1.54, 1.807) is 19.2 Å². The van der Waals surface area contributed by atoms with E-state index in [1.807, 2.05) is 12.1 Å². The maximum absolute atomic E-state index is 14.3. The summed E-state index contributed by atoms with van der Waals surface area (Å²) in [6.07, 6.45) is 0.860. The van der Waals surface area contributed by atoms with Crippen LogP contribution in [0.25, 0.3) is 11.1 Å². The van der Waals surface area contributed by atoms with E-state index < -0.39 is 0 Å². The number of halogens is 2. The monoisotopic (exact) mass is 291 g/mol.